The largest absolute Gasteiger partial charge is 0.293 e. The van der Waals surface area contributed by atoms with E-state index in [0.29, 0.717) is 16.0 Å². The normalized spacial score (nSPS) is 10.7. The van der Waals surface area contributed by atoms with Crippen molar-refractivity contribution in [2.75, 3.05) is 5.75 Å². The van der Waals surface area contributed by atoms with Crippen molar-refractivity contribution in [3.8, 4) is 11.4 Å². The Morgan fingerprint density at radius 3 is 2.62 bits per heavy atom. The smallest absolute Gasteiger partial charge is 0.270 e. The predicted molar refractivity (Wildman–Crippen MR) is 100.0 cm³/mol. The van der Waals surface area contributed by atoms with E-state index in [4.69, 9.17) is 23.2 Å². The van der Waals surface area contributed by atoms with Crippen molar-refractivity contribution >= 4 is 46.4 Å². The minimum atomic E-state index is -0.575. The lowest BCUT2D eigenvalue weighted by Crippen LogP contribution is -2.04. The van der Waals surface area contributed by atoms with Gasteiger partial charge in [-0.05, 0) is 30.3 Å². The molecule has 0 atom stereocenters. The van der Waals surface area contributed by atoms with Crippen molar-refractivity contribution in [3.63, 3.8) is 0 Å². The van der Waals surface area contributed by atoms with Crippen LogP contribution in [0.5, 0.6) is 0 Å². The monoisotopic (exact) mass is 408 g/mol. The number of Topliss-reactive ketones (excluding diaryl/α,β-unsaturated/α-hetero) is 1. The number of halogens is 2. The summed E-state index contributed by atoms with van der Waals surface area (Å²) in [7, 11) is 0. The van der Waals surface area contributed by atoms with Crippen LogP contribution in [-0.2, 0) is 0 Å². The number of benzene rings is 2. The predicted octanol–water partition coefficient (Wildman–Crippen LogP) is 4.66. The first kappa shape index (κ1) is 18.4. The highest BCUT2D eigenvalue weighted by Crippen LogP contribution is 2.25. The van der Waals surface area contributed by atoms with Gasteiger partial charge in [-0.3, -0.25) is 20.0 Å². The second kappa shape index (κ2) is 7.86. The number of thioether (sulfide) groups is 1. The van der Waals surface area contributed by atoms with Crippen molar-refractivity contribution in [2.24, 2.45) is 0 Å². The maximum absolute atomic E-state index is 12.3. The molecule has 1 heterocycles. The van der Waals surface area contributed by atoms with Crippen LogP contribution in [0.4, 0.5) is 5.69 Å². The summed E-state index contributed by atoms with van der Waals surface area (Å²) in [4.78, 5) is 26.9. The Morgan fingerprint density at radius 2 is 1.92 bits per heavy atom. The van der Waals surface area contributed by atoms with Gasteiger partial charge in [-0.2, -0.15) is 0 Å². The number of nitro groups is 1. The zero-order valence-corrected chi connectivity index (χ0v) is 15.3. The maximum Gasteiger partial charge on any atom is 0.270 e. The van der Waals surface area contributed by atoms with Crippen molar-refractivity contribution < 1.29 is 9.72 Å². The Morgan fingerprint density at radius 1 is 1.19 bits per heavy atom. The van der Waals surface area contributed by atoms with E-state index in [0.717, 1.165) is 17.3 Å². The molecular formula is C16H10Cl2N4O3S. The summed E-state index contributed by atoms with van der Waals surface area (Å²) in [6, 6.07) is 10.8. The van der Waals surface area contributed by atoms with Gasteiger partial charge in [-0.15, -0.1) is 5.10 Å². The second-order valence-electron chi connectivity index (χ2n) is 5.11. The Labute approximate surface area is 161 Å². The number of rotatable bonds is 6. The van der Waals surface area contributed by atoms with Crippen molar-refractivity contribution in [1.29, 1.82) is 0 Å². The summed E-state index contributed by atoms with van der Waals surface area (Å²) in [6.07, 6.45) is 0. The van der Waals surface area contributed by atoms with Gasteiger partial charge in [0.05, 0.1) is 15.7 Å². The van der Waals surface area contributed by atoms with Crippen LogP contribution < -0.4 is 0 Å². The number of hydrogen-bond donors (Lipinski definition) is 1. The molecule has 3 rings (SSSR count). The van der Waals surface area contributed by atoms with E-state index in [-0.39, 0.29) is 27.8 Å². The number of nitro benzene ring substituents is 1. The summed E-state index contributed by atoms with van der Waals surface area (Å²) >= 11 is 12.9. The van der Waals surface area contributed by atoms with E-state index >= 15 is 0 Å². The van der Waals surface area contributed by atoms with Crippen molar-refractivity contribution in [2.45, 2.75) is 5.16 Å². The lowest BCUT2D eigenvalue weighted by Gasteiger charge is -2.02. The number of aromatic nitrogens is 3. The van der Waals surface area contributed by atoms with Gasteiger partial charge in [0.15, 0.2) is 11.6 Å². The van der Waals surface area contributed by atoms with E-state index in [9.17, 15) is 14.9 Å². The molecule has 0 aliphatic rings. The number of nitrogens with zero attached hydrogens (tertiary/aromatic N) is 3. The quantitative estimate of drug-likeness (QED) is 0.275. The molecule has 132 valence electrons. The highest BCUT2D eigenvalue weighted by molar-refractivity contribution is 7.99. The van der Waals surface area contributed by atoms with Gasteiger partial charge in [0, 0.05) is 28.3 Å². The minimum absolute atomic E-state index is 0.00119. The fourth-order valence-electron chi connectivity index (χ4n) is 2.10. The van der Waals surface area contributed by atoms with Crippen molar-refractivity contribution in [3.05, 3.63) is 68.2 Å². The third kappa shape index (κ3) is 4.21. The van der Waals surface area contributed by atoms with E-state index in [1.807, 2.05) is 0 Å². The van der Waals surface area contributed by atoms with Crippen LogP contribution in [-0.4, -0.2) is 31.6 Å². The number of nitrogens with one attached hydrogen (secondary N) is 1. The van der Waals surface area contributed by atoms with E-state index in [1.165, 1.54) is 18.2 Å². The molecule has 1 N–H and O–H groups in total. The number of H-pyrrole nitrogens is 1. The average Bonchev–Trinajstić information content (AvgIpc) is 3.09. The lowest BCUT2D eigenvalue weighted by molar-refractivity contribution is -0.384. The first-order chi connectivity index (χ1) is 12.4. The first-order valence-corrected chi connectivity index (χ1v) is 8.96. The molecule has 2 aromatic carbocycles. The summed E-state index contributed by atoms with van der Waals surface area (Å²) in [6.45, 7) is 0. The molecule has 0 unspecified atom stereocenters. The topological polar surface area (TPSA) is 102 Å². The van der Waals surface area contributed by atoms with Crippen LogP contribution in [0, 0.1) is 10.1 Å². The van der Waals surface area contributed by atoms with Gasteiger partial charge < -0.3 is 0 Å². The minimum Gasteiger partial charge on any atom is -0.293 e. The Kier molecular flexibility index (Phi) is 5.55. The molecular weight excluding hydrogens is 399 g/mol. The van der Waals surface area contributed by atoms with Gasteiger partial charge in [-0.1, -0.05) is 35.0 Å². The maximum atomic E-state index is 12.3. The molecule has 10 heteroatoms. The van der Waals surface area contributed by atoms with E-state index in [1.54, 1.807) is 24.3 Å². The third-order valence-corrected chi connectivity index (χ3v) is 4.80. The number of carbonyl (C=O) groups is 1. The fourth-order valence-corrected chi connectivity index (χ4v) is 3.13. The van der Waals surface area contributed by atoms with Gasteiger partial charge >= 0.3 is 0 Å². The van der Waals surface area contributed by atoms with E-state index < -0.39 is 4.92 Å². The molecule has 0 radical (unpaired) electrons. The van der Waals surface area contributed by atoms with E-state index in [2.05, 4.69) is 15.2 Å². The number of non-ortho nitro benzene ring substituents is 1. The Hall–Kier alpha value is -2.42. The molecule has 3 aromatic rings. The number of hydrogen-bond acceptors (Lipinski definition) is 6. The second-order valence-corrected chi connectivity index (χ2v) is 6.89. The molecule has 0 amide bonds. The van der Waals surface area contributed by atoms with Crippen LogP contribution in [0.15, 0.2) is 47.6 Å². The number of ketones is 1. The molecule has 0 aliphatic heterocycles. The Balaban J connectivity index is 1.70. The van der Waals surface area contributed by atoms with Gasteiger partial charge in [0.2, 0.25) is 5.16 Å². The molecule has 1 aromatic heterocycles. The fraction of sp³-hybridized carbons (Fsp3) is 0.0625. The zero-order chi connectivity index (χ0) is 18.7. The SMILES string of the molecule is O=C(CSc1n[nH]c(-c2ccc(Cl)cc2)n1)c1cc([N+](=O)[O-])ccc1Cl. The summed E-state index contributed by atoms with van der Waals surface area (Å²) in [5, 5.41) is 18.8. The standard InChI is InChI=1S/C16H10Cl2N4O3S/c17-10-3-1-9(2-4-10)15-19-16(21-20-15)26-8-14(23)12-7-11(22(24)25)5-6-13(12)18/h1-7H,8H2,(H,19,20,21). The van der Waals surface area contributed by atoms with Gasteiger partial charge in [0.1, 0.15) is 0 Å². The van der Waals surface area contributed by atoms with Crippen LogP contribution >= 0.6 is 35.0 Å². The van der Waals surface area contributed by atoms with Gasteiger partial charge in [0.25, 0.3) is 5.69 Å². The summed E-state index contributed by atoms with van der Waals surface area (Å²) in [5.74, 6) is 0.199. The van der Waals surface area contributed by atoms with Crippen LogP contribution in [0.1, 0.15) is 10.4 Å². The summed E-state index contributed by atoms with van der Waals surface area (Å²) in [5.41, 5.74) is 0.717. The highest BCUT2D eigenvalue weighted by Gasteiger charge is 2.17. The highest BCUT2D eigenvalue weighted by atomic mass is 35.5. The first-order valence-electron chi connectivity index (χ1n) is 7.22. The molecule has 7 nitrogen and oxygen atoms in total. The molecule has 0 fully saturated rings. The van der Waals surface area contributed by atoms with Crippen molar-refractivity contribution in [1.82, 2.24) is 15.2 Å². The molecule has 0 saturated heterocycles. The molecule has 26 heavy (non-hydrogen) atoms. The zero-order valence-electron chi connectivity index (χ0n) is 13.0. The summed E-state index contributed by atoms with van der Waals surface area (Å²) < 4.78 is 0. The van der Waals surface area contributed by atoms with Crippen LogP contribution in [0.3, 0.4) is 0 Å². The number of aromatic amines is 1. The molecule has 0 spiro atoms. The van der Waals surface area contributed by atoms with Crippen LogP contribution in [0.2, 0.25) is 10.0 Å². The molecule has 0 aliphatic carbocycles. The molecule has 0 saturated carbocycles. The lowest BCUT2D eigenvalue weighted by atomic mass is 10.1. The number of carbonyl (C=O) groups excluding carboxylic acids is 1. The van der Waals surface area contributed by atoms with Crippen LogP contribution in [0.25, 0.3) is 11.4 Å². The Bertz CT molecular complexity index is 976. The molecule has 0 bridgehead atoms. The average molecular weight is 409 g/mol. The van der Waals surface area contributed by atoms with Gasteiger partial charge in [-0.25, -0.2) is 4.98 Å². The third-order valence-electron chi connectivity index (χ3n) is 3.38.